The predicted molar refractivity (Wildman–Crippen MR) is 66.7 cm³/mol. The number of furan rings is 1. The van der Waals surface area contributed by atoms with Gasteiger partial charge in [0.25, 0.3) is 0 Å². The molecule has 0 saturated carbocycles. The maximum atomic E-state index is 11.5. The maximum Gasteiger partial charge on any atom is 0.374 e. The highest BCUT2D eigenvalue weighted by atomic mass is 16.5. The molecule has 0 saturated heterocycles. The van der Waals surface area contributed by atoms with Gasteiger partial charge in [0.05, 0.1) is 13.7 Å². The second-order valence-electron chi connectivity index (χ2n) is 3.61. The molecule has 4 heteroatoms. The van der Waals surface area contributed by atoms with Crippen molar-refractivity contribution in [1.29, 1.82) is 0 Å². The van der Waals surface area contributed by atoms with Gasteiger partial charge in [0, 0.05) is 5.56 Å². The number of esters is 1. The summed E-state index contributed by atoms with van der Waals surface area (Å²) in [4.78, 5) is 11.5. The lowest BCUT2D eigenvalue weighted by atomic mass is 10.2. The normalized spacial score (nSPS) is 10.1. The number of hydrogen-bond acceptors (Lipinski definition) is 4. The van der Waals surface area contributed by atoms with Crippen molar-refractivity contribution in [2.24, 2.45) is 0 Å². The summed E-state index contributed by atoms with van der Waals surface area (Å²) in [6.07, 6.45) is 0. The number of methoxy groups -OCH3 is 1. The number of benzene rings is 1. The lowest BCUT2D eigenvalue weighted by Gasteiger charge is -2.01. The number of ether oxygens (including phenoxy) is 2. The zero-order valence-electron chi connectivity index (χ0n) is 10.3. The molecule has 18 heavy (non-hydrogen) atoms. The molecule has 1 aromatic carbocycles. The van der Waals surface area contributed by atoms with Crippen molar-refractivity contribution in [3.63, 3.8) is 0 Å². The van der Waals surface area contributed by atoms with Crippen molar-refractivity contribution in [3.8, 4) is 17.1 Å². The molecule has 0 fully saturated rings. The molecule has 0 radical (unpaired) electrons. The molecule has 0 spiro atoms. The lowest BCUT2D eigenvalue weighted by Crippen LogP contribution is -2.02. The van der Waals surface area contributed by atoms with Crippen molar-refractivity contribution >= 4 is 5.97 Å². The Labute approximate surface area is 105 Å². The molecule has 1 heterocycles. The molecule has 2 rings (SSSR count). The largest absolute Gasteiger partial charge is 0.497 e. The Balaban J connectivity index is 2.20. The Morgan fingerprint density at radius 1 is 1.17 bits per heavy atom. The number of hydrogen-bond donors (Lipinski definition) is 0. The van der Waals surface area contributed by atoms with Gasteiger partial charge in [0.2, 0.25) is 5.76 Å². The molecule has 0 bridgehead atoms. The van der Waals surface area contributed by atoms with E-state index in [4.69, 9.17) is 13.9 Å². The average Bonchev–Trinajstić information content (AvgIpc) is 2.89. The van der Waals surface area contributed by atoms with Crippen molar-refractivity contribution in [2.75, 3.05) is 13.7 Å². The third-order valence-corrected chi connectivity index (χ3v) is 2.46. The third kappa shape index (κ3) is 2.53. The average molecular weight is 246 g/mol. The highest BCUT2D eigenvalue weighted by Gasteiger charge is 2.12. The summed E-state index contributed by atoms with van der Waals surface area (Å²) in [6.45, 7) is 2.09. The maximum absolute atomic E-state index is 11.5. The van der Waals surface area contributed by atoms with Crippen molar-refractivity contribution in [2.45, 2.75) is 6.92 Å². The van der Waals surface area contributed by atoms with Gasteiger partial charge in [0.15, 0.2) is 0 Å². The molecule has 0 amide bonds. The standard InChI is InChI=1S/C14H14O4/c1-3-17-14(15)13-9-8-12(18-13)10-4-6-11(16-2)7-5-10/h4-9H,3H2,1-2H3. The molecule has 1 aromatic heterocycles. The van der Waals surface area contributed by atoms with Gasteiger partial charge in [0.1, 0.15) is 11.5 Å². The van der Waals surface area contributed by atoms with Crippen molar-refractivity contribution in [1.82, 2.24) is 0 Å². The Kier molecular flexibility index (Phi) is 3.67. The van der Waals surface area contributed by atoms with Crippen LogP contribution in [0.1, 0.15) is 17.5 Å². The van der Waals surface area contributed by atoms with E-state index in [1.165, 1.54) is 0 Å². The zero-order chi connectivity index (χ0) is 13.0. The Morgan fingerprint density at radius 3 is 2.50 bits per heavy atom. The minimum atomic E-state index is -0.447. The zero-order valence-corrected chi connectivity index (χ0v) is 10.3. The summed E-state index contributed by atoms with van der Waals surface area (Å²) in [5.74, 6) is 1.16. The Bertz CT molecular complexity index is 525. The van der Waals surface area contributed by atoms with Crippen molar-refractivity contribution < 1.29 is 18.7 Å². The molecule has 0 aliphatic rings. The summed E-state index contributed by atoms with van der Waals surface area (Å²) < 4.78 is 15.4. The van der Waals surface area contributed by atoms with E-state index in [2.05, 4.69) is 0 Å². The minimum Gasteiger partial charge on any atom is -0.497 e. The summed E-state index contributed by atoms with van der Waals surface area (Å²) >= 11 is 0. The van der Waals surface area contributed by atoms with Crippen LogP contribution in [0.4, 0.5) is 0 Å². The SMILES string of the molecule is CCOC(=O)c1ccc(-c2ccc(OC)cc2)o1. The summed E-state index contributed by atoms with van der Waals surface area (Å²) in [7, 11) is 1.61. The second kappa shape index (κ2) is 5.40. The molecule has 4 nitrogen and oxygen atoms in total. The molecule has 0 aliphatic heterocycles. The first-order valence-corrected chi connectivity index (χ1v) is 5.66. The first-order chi connectivity index (χ1) is 8.74. The van der Waals surface area contributed by atoms with Crippen LogP contribution in [0.5, 0.6) is 5.75 Å². The van der Waals surface area contributed by atoms with Crippen LogP contribution in [0, 0.1) is 0 Å². The van der Waals surface area contributed by atoms with Crippen LogP contribution in [-0.2, 0) is 4.74 Å². The fraction of sp³-hybridized carbons (Fsp3) is 0.214. The second-order valence-corrected chi connectivity index (χ2v) is 3.61. The quantitative estimate of drug-likeness (QED) is 0.777. The monoisotopic (exact) mass is 246 g/mol. The van der Waals surface area contributed by atoms with E-state index in [0.29, 0.717) is 12.4 Å². The van der Waals surface area contributed by atoms with Crippen LogP contribution in [-0.4, -0.2) is 19.7 Å². The fourth-order valence-electron chi connectivity index (χ4n) is 1.56. The molecule has 0 unspecified atom stereocenters. The van der Waals surface area contributed by atoms with Crippen LogP contribution < -0.4 is 4.74 Å². The number of carbonyl (C=O) groups excluding carboxylic acids is 1. The van der Waals surface area contributed by atoms with Gasteiger partial charge in [-0.25, -0.2) is 4.79 Å². The smallest absolute Gasteiger partial charge is 0.374 e. The summed E-state index contributed by atoms with van der Waals surface area (Å²) in [5.41, 5.74) is 0.881. The van der Waals surface area contributed by atoms with Crippen LogP contribution in [0.2, 0.25) is 0 Å². The minimum absolute atomic E-state index is 0.211. The summed E-state index contributed by atoms with van der Waals surface area (Å²) in [6, 6.07) is 10.8. The van der Waals surface area contributed by atoms with Crippen LogP contribution in [0.25, 0.3) is 11.3 Å². The van der Waals surface area contributed by atoms with E-state index in [0.717, 1.165) is 11.3 Å². The van der Waals surface area contributed by atoms with Gasteiger partial charge in [-0.3, -0.25) is 0 Å². The fourth-order valence-corrected chi connectivity index (χ4v) is 1.56. The van der Waals surface area contributed by atoms with E-state index < -0.39 is 5.97 Å². The van der Waals surface area contributed by atoms with Gasteiger partial charge in [-0.1, -0.05) is 0 Å². The van der Waals surface area contributed by atoms with E-state index in [1.807, 2.05) is 24.3 Å². The molecule has 0 atom stereocenters. The lowest BCUT2D eigenvalue weighted by molar-refractivity contribution is 0.0491. The van der Waals surface area contributed by atoms with Crippen LogP contribution >= 0.6 is 0 Å². The van der Waals surface area contributed by atoms with Gasteiger partial charge in [-0.05, 0) is 43.3 Å². The molecular weight excluding hydrogens is 232 g/mol. The van der Waals surface area contributed by atoms with Gasteiger partial charge >= 0.3 is 5.97 Å². The van der Waals surface area contributed by atoms with Crippen LogP contribution in [0.3, 0.4) is 0 Å². The van der Waals surface area contributed by atoms with Crippen molar-refractivity contribution in [3.05, 3.63) is 42.2 Å². The third-order valence-electron chi connectivity index (χ3n) is 2.46. The van der Waals surface area contributed by atoms with E-state index >= 15 is 0 Å². The molecule has 0 aliphatic carbocycles. The predicted octanol–water partition coefficient (Wildman–Crippen LogP) is 3.13. The molecule has 2 aromatic rings. The van der Waals surface area contributed by atoms with Gasteiger partial charge < -0.3 is 13.9 Å². The van der Waals surface area contributed by atoms with Crippen LogP contribution in [0.15, 0.2) is 40.8 Å². The van der Waals surface area contributed by atoms with E-state index in [9.17, 15) is 4.79 Å². The molecule has 0 N–H and O–H groups in total. The highest BCUT2D eigenvalue weighted by molar-refractivity contribution is 5.87. The highest BCUT2D eigenvalue weighted by Crippen LogP contribution is 2.24. The topological polar surface area (TPSA) is 48.7 Å². The number of rotatable bonds is 4. The van der Waals surface area contributed by atoms with Gasteiger partial charge in [-0.2, -0.15) is 0 Å². The van der Waals surface area contributed by atoms with E-state index in [-0.39, 0.29) is 5.76 Å². The Hall–Kier alpha value is -2.23. The molecular formula is C14H14O4. The number of carbonyl (C=O) groups is 1. The Morgan fingerprint density at radius 2 is 1.89 bits per heavy atom. The van der Waals surface area contributed by atoms with E-state index in [1.54, 1.807) is 26.2 Å². The summed E-state index contributed by atoms with van der Waals surface area (Å²) in [5, 5.41) is 0. The first-order valence-electron chi connectivity index (χ1n) is 5.66. The molecule has 94 valence electrons. The first kappa shape index (κ1) is 12.2. The van der Waals surface area contributed by atoms with Gasteiger partial charge in [-0.15, -0.1) is 0 Å².